The monoisotopic (exact) mass is 428 g/mol. The summed E-state index contributed by atoms with van der Waals surface area (Å²) in [6.07, 6.45) is 1.37. The Balaban J connectivity index is 1.47. The van der Waals surface area contributed by atoms with Crippen LogP contribution in [0.2, 0.25) is 0 Å². The van der Waals surface area contributed by atoms with Crippen molar-refractivity contribution in [1.82, 2.24) is 5.32 Å². The molecule has 3 rings (SSSR count). The van der Waals surface area contributed by atoms with Crippen LogP contribution in [-0.2, 0) is 16.1 Å². The van der Waals surface area contributed by atoms with E-state index in [9.17, 15) is 4.79 Å². The van der Waals surface area contributed by atoms with E-state index < -0.39 is 0 Å². The first kappa shape index (κ1) is 22.5. The van der Waals surface area contributed by atoms with Gasteiger partial charge in [-0.05, 0) is 49.2 Å². The number of nitrogens with zero attached hydrogens (tertiary/aromatic N) is 1. The predicted molar refractivity (Wildman–Crippen MR) is 124 cm³/mol. The maximum Gasteiger partial charge on any atom is 0.220 e. The number of ether oxygens (including phenoxy) is 2. The van der Waals surface area contributed by atoms with Crippen molar-refractivity contribution in [3.05, 3.63) is 53.6 Å². The molecular formula is C24H32N2O3S. The molecule has 2 aromatic rings. The van der Waals surface area contributed by atoms with Gasteiger partial charge in [0.15, 0.2) is 0 Å². The molecule has 0 spiro atoms. The third kappa shape index (κ3) is 6.67. The Morgan fingerprint density at radius 3 is 2.63 bits per heavy atom. The van der Waals surface area contributed by atoms with Crippen molar-refractivity contribution < 1.29 is 14.3 Å². The minimum atomic E-state index is 0.103. The highest BCUT2D eigenvalue weighted by molar-refractivity contribution is 7.99. The first-order chi connectivity index (χ1) is 14.5. The van der Waals surface area contributed by atoms with Crippen LogP contribution in [-0.4, -0.2) is 44.6 Å². The van der Waals surface area contributed by atoms with E-state index >= 15 is 0 Å². The number of hydrogen-bond donors (Lipinski definition) is 1. The molecule has 0 bridgehead atoms. The van der Waals surface area contributed by atoms with E-state index in [-0.39, 0.29) is 5.91 Å². The second-order valence-electron chi connectivity index (χ2n) is 7.65. The second-order valence-corrected chi connectivity index (χ2v) is 9.16. The zero-order valence-corrected chi connectivity index (χ0v) is 19.0. The van der Waals surface area contributed by atoms with Crippen LogP contribution in [0.4, 0.5) is 5.69 Å². The summed E-state index contributed by atoms with van der Waals surface area (Å²) in [6, 6.07) is 14.5. The molecule has 1 atom stereocenters. The lowest BCUT2D eigenvalue weighted by molar-refractivity contribution is -0.121. The number of benzene rings is 2. The van der Waals surface area contributed by atoms with E-state index in [2.05, 4.69) is 54.4 Å². The van der Waals surface area contributed by atoms with Crippen LogP contribution in [0.5, 0.6) is 5.75 Å². The van der Waals surface area contributed by atoms with Crippen LogP contribution >= 0.6 is 11.8 Å². The topological polar surface area (TPSA) is 50.8 Å². The average Bonchev–Trinajstić information content (AvgIpc) is 2.77. The maximum atomic E-state index is 12.5. The Morgan fingerprint density at radius 2 is 1.93 bits per heavy atom. The molecule has 5 nitrogen and oxygen atoms in total. The Labute approximate surface area is 184 Å². The van der Waals surface area contributed by atoms with Gasteiger partial charge in [0.1, 0.15) is 5.75 Å². The van der Waals surface area contributed by atoms with Crippen LogP contribution in [0, 0.1) is 6.92 Å². The lowest BCUT2D eigenvalue weighted by Gasteiger charge is -2.31. The van der Waals surface area contributed by atoms with Crippen molar-refractivity contribution in [2.75, 3.05) is 38.3 Å². The van der Waals surface area contributed by atoms with Crippen molar-refractivity contribution >= 4 is 23.4 Å². The van der Waals surface area contributed by atoms with Gasteiger partial charge in [-0.15, -0.1) is 11.8 Å². The molecule has 6 heteroatoms. The van der Waals surface area contributed by atoms with Crippen LogP contribution < -0.4 is 15.0 Å². The van der Waals surface area contributed by atoms with Gasteiger partial charge in [-0.2, -0.15) is 0 Å². The molecule has 0 saturated carbocycles. The number of carbonyl (C=O) groups excluding carboxylic acids is 1. The molecule has 1 fully saturated rings. The van der Waals surface area contributed by atoms with Crippen molar-refractivity contribution in [3.63, 3.8) is 0 Å². The summed E-state index contributed by atoms with van der Waals surface area (Å²) < 4.78 is 10.7. The van der Waals surface area contributed by atoms with Crippen molar-refractivity contribution in [3.8, 4) is 5.75 Å². The summed E-state index contributed by atoms with van der Waals surface area (Å²) in [7, 11) is 1.67. The Bertz CT molecular complexity index is 820. The lowest BCUT2D eigenvalue weighted by Crippen LogP contribution is -2.37. The fraction of sp³-hybridized carbons (Fsp3) is 0.458. The molecule has 1 saturated heterocycles. The Morgan fingerprint density at radius 1 is 1.20 bits per heavy atom. The van der Waals surface area contributed by atoms with Crippen LogP contribution in [0.25, 0.3) is 0 Å². The molecule has 162 valence electrons. The zero-order valence-electron chi connectivity index (χ0n) is 18.1. The largest absolute Gasteiger partial charge is 0.497 e. The van der Waals surface area contributed by atoms with E-state index in [4.69, 9.17) is 9.47 Å². The van der Waals surface area contributed by atoms with E-state index in [1.807, 2.05) is 12.1 Å². The molecule has 1 unspecified atom stereocenters. The van der Waals surface area contributed by atoms with Crippen LogP contribution in [0.15, 0.2) is 47.4 Å². The van der Waals surface area contributed by atoms with E-state index in [0.717, 1.165) is 38.5 Å². The molecule has 2 aromatic carbocycles. The molecule has 1 aliphatic heterocycles. The van der Waals surface area contributed by atoms with Gasteiger partial charge < -0.3 is 19.7 Å². The summed E-state index contributed by atoms with van der Waals surface area (Å²) in [5, 5.41) is 3.48. The SMILES string of the molecule is COc1ccc(SC(C)CCC(=O)NCc2cc(C)ccc2N2CCOCC2)cc1. The lowest BCUT2D eigenvalue weighted by atomic mass is 10.1. The van der Waals surface area contributed by atoms with Crippen LogP contribution in [0.3, 0.4) is 0 Å². The number of rotatable bonds is 9. The number of thioether (sulfide) groups is 1. The molecule has 0 radical (unpaired) electrons. The normalized spacial score (nSPS) is 15.0. The number of carbonyl (C=O) groups is 1. The highest BCUT2D eigenvalue weighted by Crippen LogP contribution is 2.28. The number of morpholine rings is 1. The molecule has 1 N–H and O–H groups in total. The van der Waals surface area contributed by atoms with Gasteiger partial charge in [0.05, 0.1) is 20.3 Å². The predicted octanol–water partition coefficient (Wildman–Crippen LogP) is 4.42. The van der Waals surface area contributed by atoms with Crippen molar-refractivity contribution in [2.45, 2.75) is 43.4 Å². The quantitative estimate of drug-likeness (QED) is 0.599. The minimum Gasteiger partial charge on any atom is -0.497 e. The van der Waals surface area contributed by atoms with Gasteiger partial charge in [0, 0.05) is 41.9 Å². The first-order valence-electron chi connectivity index (χ1n) is 10.5. The number of amides is 1. The van der Waals surface area contributed by atoms with Gasteiger partial charge in [0.2, 0.25) is 5.91 Å². The standard InChI is InChI=1S/C24H32N2O3S/c1-18-4-10-23(26-12-14-29-15-13-26)20(16-18)17-25-24(27)11-5-19(2)30-22-8-6-21(28-3)7-9-22/h4,6-10,16,19H,5,11-15,17H2,1-3H3,(H,25,27). The number of methoxy groups -OCH3 is 1. The van der Waals surface area contributed by atoms with Crippen molar-refractivity contribution in [2.24, 2.45) is 0 Å². The highest BCUT2D eigenvalue weighted by atomic mass is 32.2. The molecule has 1 aliphatic rings. The van der Waals surface area contributed by atoms with Gasteiger partial charge in [0.25, 0.3) is 0 Å². The first-order valence-corrected chi connectivity index (χ1v) is 11.4. The fourth-order valence-corrected chi connectivity index (χ4v) is 4.52. The van der Waals surface area contributed by atoms with Gasteiger partial charge in [-0.3, -0.25) is 4.79 Å². The molecule has 0 aliphatic carbocycles. The number of aryl methyl sites for hydroxylation is 1. The summed E-state index contributed by atoms with van der Waals surface area (Å²) in [4.78, 5) is 16.0. The van der Waals surface area contributed by atoms with Gasteiger partial charge in [-0.25, -0.2) is 0 Å². The molecular weight excluding hydrogens is 396 g/mol. The summed E-state index contributed by atoms with van der Waals surface area (Å²) >= 11 is 1.79. The summed E-state index contributed by atoms with van der Waals surface area (Å²) in [5.74, 6) is 0.964. The smallest absolute Gasteiger partial charge is 0.220 e. The fourth-order valence-electron chi connectivity index (χ4n) is 3.53. The highest BCUT2D eigenvalue weighted by Gasteiger charge is 2.16. The molecule has 30 heavy (non-hydrogen) atoms. The van der Waals surface area contributed by atoms with Crippen LogP contribution in [0.1, 0.15) is 30.9 Å². The van der Waals surface area contributed by atoms with Gasteiger partial charge >= 0.3 is 0 Å². The number of hydrogen-bond acceptors (Lipinski definition) is 5. The third-order valence-electron chi connectivity index (χ3n) is 5.24. The zero-order chi connectivity index (χ0) is 21.3. The molecule has 1 amide bonds. The average molecular weight is 429 g/mol. The Hall–Kier alpha value is -2.18. The van der Waals surface area contributed by atoms with Crippen molar-refractivity contribution in [1.29, 1.82) is 0 Å². The molecule has 1 heterocycles. The number of nitrogens with one attached hydrogen (secondary N) is 1. The maximum absolute atomic E-state index is 12.5. The van der Waals surface area contributed by atoms with E-state index in [1.54, 1.807) is 18.9 Å². The third-order valence-corrected chi connectivity index (χ3v) is 6.42. The number of anilines is 1. The van der Waals surface area contributed by atoms with E-state index in [1.165, 1.54) is 21.7 Å². The van der Waals surface area contributed by atoms with Gasteiger partial charge in [-0.1, -0.05) is 24.6 Å². The Kier molecular flexibility index (Phi) is 8.46. The van der Waals surface area contributed by atoms with E-state index in [0.29, 0.717) is 18.2 Å². The minimum absolute atomic E-state index is 0.103. The molecule has 0 aromatic heterocycles. The second kappa shape index (κ2) is 11.3. The summed E-state index contributed by atoms with van der Waals surface area (Å²) in [5.41, 5.74) is 3.58. The summed E-state index contributed by atoms with van der Waals surface area (Å²) in [6.45, 7) is 8.11.